The van der Waals surface area contributed by atoms with Crippen molar-refractivity contribution >= 4 is 28.9 Å². The maximum Gasteiger partial charge on any atom is 0.234 e. The molecule has 1 atom stereocenters. The Balaban J connectivity index is 2.15. The van der Waals surface area contributed by atoms with Gasteiger partial charge in [0.1, 0.15) is 5.01 Å². The highest BCUT2D eigenvalue weighted by atomic mass is 32.1. The molecule has 6 heteroatoms. The summed E-state index contributed by atoms with van der Waals surface area (Å²) < 4.78 is 0. The third-order valence-corrected chi connectivity index (χ3v) is 4.17. The van der Waals surface area contributed by atoms with Gasteiger partial charge in [-0.15, -0.1) is 11.3 Å². The molecule has 1 amide bonds. The number of benzene rings is 1. The van der Waals surface area contributed by atoms with E-state index in [0.717, 1.165) is 28.2 Å². The van der Waals surface area contributed by atoms with Gasteiger partial charge in [0, 0.05) is 11.1 Å². The first-order valence-corrected chi connectivity index (χ1v) is 7.31. The van der Waals surface area contributed by atoms with E-state index in [4.69, 9.17) is 0 Å². The Bertz CT molecular complexity index is 694. The van der Waals surface area contributed by atoms with Crippen molar-refractivity contribution in [1.29, 1.82) is 0 Å². The number of hydrogen-bond donors (Lipinski definition) is 1. The zero-order chi connectivity index (χ0) is 15.6. The number of aryl methyl sites for hydroxylation is 2. The predicted octanol–water partition coefficient (Wildman–Crippen LogP) is 1.87. The first kappa shape index (κ1) is 15.2. The van der Waals surface area contributed by atoms with Crippen LogP contribution >= 0.6 is 11.3 Å². The van der Waals surface area contributed by atoms with Gasteiger partial charge in [0.2, 0.25) is 5.91 Å². The number of amides is 1. The fourth-order valence-electron chi connectivity index (χ4n) is 1.80. The molecule has 0 radical (unpaired) electrons. The van der Waals surface area contributed by atoms with Gasteiger partial charge in [-0.2, -0.15) is 0 Å². The standard InChI is InChI=1S/C15H16N2O3S/c1-8-4-5-9(2)11(6-8)16-13(18)10(3)14-17-12(7-21-14)15(19)20/h4-7,10H,1-3H3,(H,16,18)(H,19,20)/p-1/t10-/m0/s1. The van der Waals surface area contributed by atoms with E-state index < -0.39 is 11.9 Å². The zero-order valence-electron chi connectivity index (χ0n) is 12.0. The number of carboxylic acid groups (broad SMARTS) is 1. The number of aromatic nitrogens is 1. The molecular formula is C15H15N2O3S-. The molecule has 1 aromatic carbocycles. The summed E-state index contributed by atoms with van der Waals surface area (Å²) in [6, 6.07) is 5.81. The van der Waals surface area contributed by atoms with Crippen molar-refractivity contribution in [3.05, 3.63) is 45.4 Å². The Kier molecular flexibility index (Phi) is 4.37. The summed E-state index contributed by atoms with van der Waals surface area (Å²) in [5.74, 6) is -2.08. The van der Waals surface area contributed by atoms with Gasteiger partial charge in [0.05, 0.1) is 17.6 Å². The quantitative estimate of drug-likeness (QED) is 0.934. The Morgan fingerprint density at radius 2 is 2.05 bits per heavy atom. The normalized spacial score (nSPS) is 12.0. The zero-order valence-corrected chi connectivity index (χ0v) is 12.8. The molecule has 0 unspecified atom stereocenters. The molecule has 0 aliphatic carbocycles. The summed E-state index contributed by atoms with van der Waals surface area (Å²) in [7, 11) is 0. The molecule has 0 saturated heterocycles. The lowest BCUT2D eigenvalue weighted by Gasteiger charge is -2.12. The van der Waals surface area contributed by atoms with E-state index >= 15 is 0 Å². The van der Waals surface area contributed by atoms with Crippen LogP contribution in [0.1, 0.15) is 39.5 Å². The molecular weight excluding hydrogens is 288 g/mol. The number of rotatable bonds is 4. The topological polar surface area (TPSA) is 82.1 Å². The molecule has 1 N–H and O–H groups in total. The van der Waals surface area contributed by atoms with Crippen LogP contribution in [0.3, 0.4) is 0 Å². The molecule has 1 heterocycles. The predicted molar refractivity (Wildman–Crippen MR) is 79.4 cm³/mol. The lowest BCUT2D eigenvalue weighted by Crippen LogP contribution is -2.23. The molecule has 0 aliphatic heterocycles. The number of nitrogens with zero attached hydrogens (tertiary/aromatic N) is 1. The van der Waals surface area contributed by atoms with Crippen LogP contribution in [0.4, 0.5) is 5.69 Å². The van der Waals surface area contributed by atoms with E-state index in [1.807, 2.05) is 32.0 Å². The number of aromatic carboxylic acids is 1. The number of thiazole rings is 1. The second kappa shape index (κ2) is 6.05. The van der Waals surface area contributed by atoms with Crippen molar-refractivity contribution < 1.29 is 14.7 Å². The first-order valence-electron chi connectivity index (χ1n) is 6.43. The van der Waals surface area contributed by atoms with Crippen LogP contribution in [-0.2, 0) is 4.79 Å². The molecule has 0 saturated carbocycles. The van der Waals surface area contributed by atoms with Gasteiger partial charge >= 0.3 is 0 Å². The van der Waals surface area contributed by atoms with Crippen molar-refractivity contribution in [1.82, 2.24) is 4.98 Å². The van der Waals surface area contributed by atoms with E-state index in [9.17, 15) is 14.7 Å². The summed E-state index contributed by atoms with van der Waals surface area (Å²) >= 11 is 1.14. The van der Waals surface area contributed by atoms with E-state index in [0.29, 0.717) is 5.01 Å². The van der Waals surface area contributed by atoms with Gasteiger partial charge < -0.3 is 15.2 Å². The van der Waals surface area contributed by atoms with Crippen LogP contribution < -0.4 is 10.4 Å². The molecule has 2 aromatic rings. The van der Waals surface area contributed by atoms with Gasteiger partial charge in [-0.1, -0.05) is 12.1 Å². The van der Waals surface area contributed by atoms with E-state index in [-0.39, 0.29) is 11.6 Å². The summed E-state index contributed by atoms with van der Waals surface area (Å²) in [4.78, 5) is 26.9. The Hall–Kier alpha value is -2.21. The number of anilines is 1. The van der Waals surface area contributed by atoms with Gasteiger partial charge in [-0.25, -0.2) is 4.98 Å². The summed E-state index contributed by atoms with van der Waals surface area (Å²) in [5.41, 5.74) is 2.64. The molecule has 0 fully saturated rings. The molecule has 0 aliphatic rings. The minimum Gasteiger partial charge on any atom is -0.543 e. The number of hydrogen-bond acceptors (Lipinski definition) is 5. The lowest BCUT2D eigenvalue weighted by atomic mass is 10.1. The molecule has 110 valence electrons. The van der Waals surface area contributed by atoms with Gasteiger partial charge in [-0.05, 0) is 38.0 Å². The smallest absolute Gasteiger partial charge is 0.234 e. The molecule has 0 bridgehead atoms. The van der Waals surface area contributed by atoms with Crippen molar-refractivity contribution in [3.63, 3.8) is 0 Å². The second-order valence-corrected chi connectivity index (χ2v) is 5.78. The monoisotopic (exact) mass is 303 g/mol. The summed E-state index contributed by atoms with van der Waals surface area (Å²) in [6.07, 6.45) is 0. The highest BCUT2D eigenvalue weighted by Gasteiger charge is 2.19. The van der Waals surface area contributed by atoms with Crippen LogP contribution in [0.5, 0.6) is 0 Å². The minimum absolute atomic E-state index is 0.138. The molecule has 1 aromatic heterocycles. The Labute approximate surface area is 126 Å². The third kappa shape index (κ3) is 3.46. The van der Waals surface area contributed by atoms with Crippen LogP contribution in [-0.4, -0.2) is 16.9 Å². The number of carbonyl (C=O) groups is 2. The Morgan fingerprint density at radius 1 is 1.33 bits per heavy atom. The maximum atomic E-state index is 12.2. The largest absolute Gasteiger partial charge is 0.543 e. The van der Waals surface area contributed by atoms with Crippen molar-refractivity contribution in [2.45, 2.75) is 26.7 Å². The van der Waals surface area contributed by atoms with E-state index in [1.54, 1.807) is 6.92 Å². The number of carbonyl (C=O) groups excluding carboxylic acids is 2. The molecule has 5 nitrogen and oxygen atoms in total. The Morgan fingerprint density at radius 3 is 2.67 bits per heavy atom. The van der Waals surface area contributed by atoms with Gasteiger partial charge in [0.25, 0.3) is 0 Å². The van der Waals surface area contributed by atoms with E-state index in [1.165, 1.54) is 5.38 Å². The van der Waals surface area contributed by atoms with Crippen molar-refractivity contribution in [2.75, 3.05) is 5.32 Å². The van der Waals surface area contributed by atoms with Crippen molar-refractivity contribution in [2.24, 2.45) is 0 Å². The average molecular weight is 303 g/mol. The number of carboxylic acids is 1. The minimum atomic E-state index is -1.33. The molecule has 21 heavy (non-hydrogen) atoms. The second-order valence-electron chi connectivity index (χ2n) is 4.89. The van der Waals surface area contributed by atoms with E-state index in [2.05, 4.69) is 10.3 Å². The fraction of sp³-hybridized carbons (Fsp3) is 0.267. The SMILES string of the molecule is Cc1ccc(C)c(NC(=O)[C@H](C)c2nc(C(=O)[O-])cs2)c1. The average Bonchev–Trinajstić information content (AvgIpc) is 2.91. The van der Waals surface area contributed by atoms with Crippen LogP contribution in [0, 0.1) is 13.8 Å². The lowest BCUT2D eigenvalue weighted by molar-refractivity contribution is -0.255. The molecule has 2 rings (SSSR count). The fourth-order valence-corrected chi connectivity index (χ4v) is 2.65. The van der Waals surface area contributed by atoms with Gasteiger partial charge in [0.15, 0.2) is 0 Å². The highest BCUT2D eigenvalue weighted by Crippen LogP contribution is 2.23. The third-order valence-electron chi connectivity index (χ3n) is 3.15. The summed E-state index contributed by atoms with van der Waals surface area (Å²) in [5, 5.41) is 15.4. The molecule has 0 spiro atoms. The summed E-state index contributed by atoms with van der Waals surface area (Å²) in [6.45, 7) is 5.56. The first-order chi connectivity index (χ1) is 9.88. The van der Waals surface area contributed by atoms with Gasteiger partial charge in [-0.3, -0.25) is 4.79 Å². The number of nitrogens with one attached hydrogen (secondary N) is 1. The van der Waals surface area contributed by atoms with Crippen molar-refractivity contribution in [3.8, 4) is 0 Å². The van der Waals surface area contributed by atoms with Crippen LogP contribution in [0.2, 0.25) is 0 Å². The highest BCUT2D eigenvalue weighted by molar-refractivity contribution is 7.10. The van der Waals surface area contributed by atoms with Crippen LogP contribution in [0.15, 0.2) is 23.6 Å². The van der Waals surface area contributed by atoms with Crippen LogP contribution in [0.25, 0.3) is 0 Å². The maximum absolute atomic E-state index is 12.2.